The van der Waals surface area contributed by atoms with Crippen molar-refractivity contribution in [3.05, 3.63) is 86.0 Å². The third-order valence-electron chi connectivity index (χ3n) is 5.56. The zero-order valence-electron chi connectivity index (χ0n) is 20.1. The molecule has 0 aliphatic heterocycles. The Labute approximate surface area is 209 Å². The van der Waals surface area contributed by atoms with Crippen molar-refractivity contribution in [2.24, 2.45) is 0 Å². The molecule has 2 aromatic heterocycles. The van der Waals surface area contributed by atoms with Crippen LogP contribution in [0.1, 0.15) is 39.5 Å². The van der Waals surface area contributed by atoms with Gasteiger partial charge in [-0.15, -0.1) is 0 Å². The molecular formula is C25H30ClN5O4. The molecule has 10 heteroatoms. The van der Waals surface area contributed by atoms with Crippen LogP contribution < -0.4 is 16.2 Å². The molecule has 3 aromatic rings. The quantitative estimate of drug-likeness (QED) is 0.392. The first-order valence-electron chi connectivity index (χ1n) is 11.4. The van der Waals surface area contributed by atoms with Gasteiger partial charge in [0.2, 0.25) is 5.91 Å². The Balaban J connectivity index is 1.65. The lowest BCUT2D eigenvalue weighted by molar-refractivity contribution is -0.120. The molecule has 3 rings (SSSR count). The molecule has 35 heavy (non-hydrogen) atoms. The predicted octanol–water partition coefficient (Wildman–Crippen LogP) is 2.46. The number of hydrogen-bond donors (Lipinski definition) is 2. The number of carbonyl (C=O) groups excluding carboxylic acids is 2. The van der Waals surface area contributed by atoms with Crippen molar-refractivity contribution < 1.29 is 14.3 Å². The lowest BCUT2D eigenvalue weighted by atomic mass is 10.1. The van der Waals surface area contributed by atoms with E-state index in [0.29, 0.717) is 42.3 Å². The molecular weight excluding hydrogens is 470 g/mol. The number of nitrogens with zero attached hydrogens (tertiary/aromatic N) is 3. The summed E-state index contributed by atoms with van der Waals surface area (Å²) >= 11 is 6.12. The lowest BCUT2D eigenvalue weighted by Gasteiger charge is -2.13. The number of benzene rings is 1. The number of aryl methyl sites for hydroxylation is 3. The van der Waals surface area contributed by atoms with Crippen molar-refractivity contribution in [2.75, 3.05) is 13.7 Å². The summed E-state index contributed by atoms with van der Waals surface area (Å²) in [5.41, 5.74) is 3.29. The van der Waals surface area contributed by atoms with Crippen molar-refractivity contribution in [3.8, 4) is 0 Å². The average Bonchev–Trinajstić information content (AvgIpc) is 3.31. The number of halogens is 1. The van der Waals surface area contributed by atoms with Crippen LogP contribution in [0.4, 0.5) is 0 Å². The highest BCUT2D eigenvalue weighted by atomic mass is 35.5. The molecule has 0 aliphatic rings. The van der Waals surface area contributed by atoms with E-state index in [-0.39, 0.29) is 24.5 Å². The Morgan fingerprint density at radius 2 is 1.94 bits per heavy atom. The van der Waals surface area contributed by atoms with Crippen LogP contribution >= 0.6 is 11.6 Å². The number of hydrogen-bond acceptors (Lipinski definition) is 6. The highest BCUT2D eigenvalue weighted by molar-refractivity contribution is 6.30. The van der Waals surface area contributed by atoms with Gasteiger partial charge in [0.25, 0.3) is 5.56 Å². The second kappa shape index (κ2) is 12.3. The topological polar surface area (TPSA) is 107 Å². The van der Waals surface area contributed by atoms with Crippen LogP contribution in [0.25, 0.3) is 0 Å². The van der Waals surface area contributed by atoms with Gasteiger partial charge in [-0.05, 0) is 55.8 Å². The van der Waals surface area contributed by atoms with Crippen LogP contribution in [-0.2, 0) is 42.1 Å². The van der Waals surface area contributed by atoms with E-state index in [1.54, 1.807) is 28.6 Å². The number of amides is 1. The Morgan fingerprint density at radius 1 is 1.14 bits per heavy atom. The standard InChI is InChI=1S/C25H30ClN5O4/c1-4-35-25(34)20-15-29-31(16-20)10-9-30-8-7-17(2)22(24(30)33)12-23(32)28-14-19-11-21(26)6-5-18(19)13-27-3/h5-8,11,15-16,27H,4,9-10,12-14H2,1-3H3,(H,28,32). The van der Waals surface area contributed by atoms with Gasteiger partial charge in [-0.25, -0.2) is 4.79 Å². The average molecular weight is 500 g/mol. The summed E-state index contributed by atoms with van der Waals surface area (Å²) in [5.74, 6) is -0.681. The number of aromatic nitrogens is 3. The molecule has 1 amide bonds. The van der Waals surface area contributed by atoms with Crippen LogP contribution in [-0.4, -0.2) is 39.9 Å². The molecule has 9 nitrogen and oxygen atoms in total. The Bertz CT molecular complexity index is 1250. The molecule has 0 radical (unpaired) electrons. The summed E-state index contributed by atoms with van der Waals surface area (Å²) in [5, 5.41) is 10.8. The van der Waals surface area contributed by atoms with Gasteiger partial charge in [0, 0.05) is 42.6 Å². The van der Waals surface area contributed by atoms with Gasteiger partial charge in [0.15, 0.2) is 0 Å². The molecule has 186 valence electrons. The normalized spacial score (nSPS) is 10.9. The van der Waals surface area contributed by atoms with E-state index in [9.17, 15) is 14.4 Å². The first kappa shape index (κ1) is 26.2. The van der Waals surface area contributed by atoms with Crippen molar-refractivity contribution >= 4 is 23.5 Å². The summed E-state index contributed by atoms with van der Waals surface area (Å²) in [6.45, 7) is 5.54. The minimum absolute atomic E-state index is 0.0256. The monoisotopic (exact) mass is 499 g/mol. The number of ether oxygens (including phenoxy) is 1. The molecule has 0 atom stereocenters. The van der Waals surface area contributed by atoms with Crippen molar-refractivity contribution in [2.45, 2.75) is 46.4 Å². The van der Waals surface area contributed by atoms with Crippen molar-refractivity contribution in [1.29, 1.82) is 0 Å². The van der Waals surface area contributed by atoms with Crippen molar-refractivity contribution in [1.82, 2.24) is 25.0 Å². The van der Waals surface area contributed by atoms with E-state index in [0.717, 1.165) is 16.7 Å². The molecule has 1 aromatic carbocycles. The lowest BCUT2D eigenvalue weighted by Crippen LogP contribution is -2.31. The van der Waals surface area contributed by atoms with Gasteiger partial charge in [-0.3, -0.25) is 14.3 Å². The highest BCUT2D eigenvalue weighted by Crippen LogP contribution is 2.16. The number of carbonyl (C=O) groups is 2. The minimum atomic E-state index is -0.435. The molecule has 0 unspecified atom stereocenters. The van der Waals surface area contributed by atoms with E-state index in [1.807, 2.05) is 38.2 Å². The first-order valence-corrected chi connectivity index (χ1v) is 11.8. The molecule has 0 saturated carbocycles. The summed E-state index contributed by atoms with van der Waals surface area (Å²) in [4.78, 5) is 37.6. The van der Waals surface area contributed by atoms with Crippen LogP contribution in [0, 0.1) is 6.92 Å². The van der Waals surface area contributed by atoms with E-state index in [2.05, 4.69) is 15.7 Å². The molecule has 2 heterocycles. The van der Waals surface area contributed by atoms with E-state index in [1.165, 1.54) is 6.20 Å². The molecule has 0 bridgehead atoms. The second-order valence-corrected chi connectivity index (χ2v) is 8.52. The second-order valence-electron chi connectivity index (χ2n) is 8.09. The number of esters is 1. The zero-order chi connectivity index (χ0) is 25.4. The summed E-state index contributed by atoms with van der Waals surface area (Å²) in [7, 11) is 1.85. The van der Waals surface area contributed by atoms with E-state index in [4.69, 9.17) is 16.3 Å². The fourth-order valence-electron chi connectivity index (χ4n) is 3.66. The third-order valence-corrected chi connectivity index (χ3v) is 5.80. The van der Waals surface area contributed by atoms with Crippen molar-refractivity contribution in [3.63, 3.8) is 0 Å². The SMILES string of the molecule is CCOC(=O)c1cnn(CCn2ccc(C)c(CC(=O)NCc3cc(Cl)ccc3CNC)c2=O)c1. The highest BCUT2D eigenvalue weighted by Gasteiger charge is 2.14. The Kier molecular flexibility index (Phi) is 9.22. The van der Waals surface area contributed by atoms with E-state index >= 15 is 0 Å². The maximum Gasteiger partial charge on any atom is 0.341 e. The fourth-order valence-corrected chi connectivity index (χ4v) is 3.85. The molecule has 0 saturated heterocycles. The summed E-state index contributed by atoms with van der Waals surface area (Å²) in [6.07, 6.45) is 4.70. The largest absolute Gasteiger partial charge is 0.462 e. The third kappa shape index (κ3) is 7.03. The molecule has 0 aliphatic carbocycles. The maximum absolute atomic E-state index is 13.1. The minimum Gasteiger partial charge on any atom is -0.462 e. The summed E-state index contributed by atoms with van der Waals surface area (Å²) < 4.78 is 8.09. The van der Waals surface area contributed by atoms with Gasteiger partial charge >= 0.3 is 5.97 Å². The van der Waals surface area contributed by atoms with E-state index < -0.39 is 5.97 Å². The Hall–Kier alpha value is -3.43. The van der Waals surface area contributed by atoms with Crippen LogP contribution in [0.2, 0.25) is 5.02 Å². The number of rotatable bonds is 11. The summed E-state index contributed by atoms with van der Waals surface area (Å²) in [6, 6.07) is 7.39. The fraction of sp³-hybridized carbons (Fsp3) is 0.360. The number of nitrogens with one attached hydrogen (secondary N) is 2. The van der Waals surface area contributed by atoms with Gasteiger partial charge < -0.3 is 19.9 Å². The van der Waals surface area contributed by atoms with Gasteiger partial charge in [0.05, 0.1) is 31.3 Å². The van der Waals surface area contributed by atoms with Crippen LogP contribution in [0.15, 0.2) is 47.7 Å². The maximum atomic E-state index is 13.1. The predicted molar refractivity (Wildman–Crippen MR) is 133 cm³/mol. The Morgan fingerprint density at radius 3 is 2.69 bits per heavy atom. The van der Waals surface area contributed by atoms with Gasteiger partial charge in [0.1, 0.15) is 0 Å². The number of pyridine rings is 1. The molecule has 0 fully saturated rings. The smallest absolute Gasteiger partial charge is 0.341 e. The van der Waals surface area contributed by atoms with Crippen LogP contribution in [0.3, 0.4) is 0 Å². The molecule has 2 N–H and O–H groups in total. The first-order chi connectivity index (χ1) is 16.8. The van der Waals surface area contributed by atoms with Gasteiger partial charge in [-0.2, -0.15) is 5.10 Å². The zero-order valence-corrected chi connectivity index (χ0v) is 20.9. The van der Waals surface area contributed by atoms with Gasteiger partial charge in [-0.1, -0.05) is 17.7 Å². The molecule has 0 spiro atoms. The van der Waals surface area contributed by atoms with Crippen LogP contribution in [0.5, 0.6) is 0 Å².